The summed E-state index contributed by atoms with van der Waals surface area (Å²) in [4.78, 5) is 17.9. The molecule has 0 aliphatic heterocycles. The van der Waals surface area contributed by atoms with Crippen LogP contribution in [0.1, 0.15) is 24.4 Å². The van der Waals surface area contributed by atoms with E-state index in [2.05, 4.69) is 25.3 Å². The third kappa shape index (κ3) is 6.79. The minimum absolute atomic E-state index is 0.0386. The molecule has 0 radical (unpaired) electrons. The molecule has 0 saturated carbocycles. The first kappa shape index (κ1) is 28.8. The maximum absolute atomic E-state index is 13.4. The Bertz CT molecular complexity index is 1800. The van der Waals surface area contributed by atoms with E-state index in [1.54, 1.807) is 43.5 Å². The average molecular weight is 613 g/mol. The molecule has 2 aromatic carbocycles. The fourth-order valence-electron chi connectivity index (χ4n) is 4.06. The van der Waals surface area contributed by atoms with Crippen LogP contribution in [-0.2, 0) is 23.2 Å². The number of hydrogen-bond acceptors (Lipinski definition) is 9. The zero-order valence-electron chi connectivity index (χ0n) is 22.2. The van der Waals surface area contributed by atoms with Crippen molar-refractivity contribution < 1.29 is 17.5 Å². The molecule has 0 aliphatic carbocycles. The highest BCUT2D eigenvalue weighted by Gasteiger charge is 2.20. The van der Waals surface area contributed by atoms with Gasteiger partial charge >= 0.3 is 0 Å². The van der Waals surface area contributed by atoms with Crippen molar-refractivity contribution in [3.8, 4) is 17.1 Å². The molecule has 41 heavy (non-hydrogen) atoms. The van der Waals surface area contributed by atoms with Gasteiger partial charge in [-0.05, 0) is 48.9 Å². The molecule has 0 atom stereocenters. The van der Waals surface area contributed by atoms with Gasteiger partial charge in [-0.15, -0.1) is 11.3 Å². The Kier molecular flexibility index (Phi) is 8.74. The second-order valence-corrected chi connectivity index (χ2v) is 12.6. The molecule has 5 aromatic rings. The SMILES string of the molecule is CCN(Cc1nc(-c2cc3c(Nc4ccc(OCc5cccc(F)c5)c(Cl)c4)ncnc3cn2)cs1)S(=O)(=O)CC. The highest BCUT2D eigenvalue weighted by molar-refractivity contribution is 7.89. The molecule has 0 fully saturated rings. The van der Waals surface area contributed by atoms with Crippen molar-refractivity contribution in [2.24, 2.45) is 0 Å². The molecule has 212 valence electrons. The second kappa shape index (κ2) is 12.4. The monoisotopic (exact) mass is 612 g/mol. The molecular weight excluding hydrogens is 587 g/mol. The number of aromatic nitrogens is 4. The third-order valence-corrected chi connectivity index (χ3v) is 9.27. The first-order chi connectivity index (χ1) is 19.8. The second-order valence-electron chi connectivity index (χ2n) is 8.95. The van der Waals surface area contributed by atoms with Crippen molar-refractivity contribution in [3.05, 3.63) is 87.8 Å². The number of sulfonamides is 1. The standard InChI is InChI=1S/C28H26ClFN6O3S2/c1-3-36(41(37,38)4-2)14-27-35-25(16-40-27)23-12-21-24(13-31-23)32-17-33-28(21)34-20-8-9-26(22(29)11-20)39-15-18-6-5-7-19(30)10-18/h5-13,16-17H,3-4,14-15H2,1-2H3,(H,32,33,34). The van der Waals surface area contributed by atoms with Crippen LogP contribution in [0.4, 0.5) is 15.9 Å². The van der Waals surface area contributed by atoms with Gasteiger partial charge in [0.25, 0.3) is 0 Å². The number of nitrogens with one attached hydrogen (secondary N) is 1. The van der Waals surface area contributed by atoms with Gasteiger partial charge in [0, 0.05) is 23.0 Å². The molecule has 0 spiro atoms. The molecule has 0 amide bonds. The van der Waals surface area contributed by atoms with Crippen LogP contribution >= 0.6 is 22.9 Å². The topological polar surface area (TPSA) is 110 Å². The summed E-state index contributed by atoms with van der Waals surface area (Å²) in [5.41, 5.74) is 3.25. The van der Waals surface area contributed by atoms with Gasteiger partial charge in [0.15, 0.2) is 0 Å². The minimum Gasteiger partial charge on any atom is -0.487 e. The van der Waals surface area contributed by atoms with Crippen molar-refractivity contribution in [2.45, 2.75) is 27.0 Å². The van der Waals surface area contributed by atoms with E-state index in [4.69, 9.17) is 16.3 Å². The van der Waals surface area contributed by atoms with Crippen LogP contribution in [0.15, 0.2) is 66.4 Å². The minimum atomic E-state index is -3.32. The number of thiazole rings is 1. The van der Waals surface area contributed by atoms with Crippen LogP contribution in [0.2, 0.25) is 5.02 Å². The lowest BCUT2D eigenvalue weighted by atomic mass is 10.2. The van der Waals surface area contributed by atoms with E-state index in [1.165, 1.54) is 34.1 Å². The summed E-state index contributed by atoms with van der Waals surface area (Å²) < 4.78 is 45.3. The lowest BCUT2D eigenvalue weighted by Gasteiger charge is -2.17. The molecule has 3 heterocycles. The smallest absolute Gasteiger partial charge is 0.214 e. The summed E-state index contributed by atoms with van der Waals surface area (Å²) >= 11 is 7.86. The van der Waals surface area contributed by atoms with Gasteiger partial charge in [0.05, 0.1) is 40.4 Å². The van der Waals surface area contributed by atoms with E-state index < -0.39 is 10.0 Å². The van der Waals surface area contributed by atoms with Crippen LogP contribution in [0, 0.1) is 5.82 Å². The van der Waals surface area contributed by atoms with Crippen molar-refractivity contribution in [3.63, 3.8) is 0 Å². The molecule has 5 rings (SSSR count). The number of hydrogen-bond donors (Lipinski definition) is 1. The average Bonchev–Trinajstić information content (AvgIpc) is 3.44. The Balaban J connectivity index is 1.35. The van der Waals surface area contributed by atoms with Crippen LogP contribution < -0.4 is 10.1 Å². The van der Waals surface area contributed by atoms with Gasteiger partial charge in [-0.1, -0.05) is 30.7 Å². The molecular formula is C28H26ClFN6O3S2. The molecule has 0 bridgehead atoms. The predicted octanol–water partition coefficient (Wildman–Crippen LogP) is 6.44. The summed E-state index contributed by atoms with van der Waals surface area (Å²) in [6.45, 7) is 4.20. The van der Waals surface area contributed by atoms with Gasteiger partial charge in [0.1, 0.15) is 35.3 Å². The number of benzene rings is 2. The molecule has 0 aliphatic rings. The number of nitrogens with zero attached hydrogens (tertiary/aromatic N) is 5. The van der Waals surface area contributed by atoms with E-state index in [0.29, 0.717) is 56.3 Å². The highest BCUT2D eigenvalue weighted by atomic mass is 35.5. The first-order valence-electron chi connectivity index (χ1n) is 12.7. The van der Waals surface area contributed by atoms with E-state index in [-0.39, 0.29) is 24.7 Å². The Labute approximate surface area is 246 Å². The van der Waals surface area contributed by atoms with E-state index in [1.807, 2.05) is 18.4 Å². The summed E-state index contributed by atoms with van der Waals surface area (Å²) in [6, 6.07) is 13.3. The molecule has 0 saturated heterocycles. The normalized spacial score (nSPS) is 11.7. The number of rotatable bonds is 11. The number of pyridine rings is 1. The van der Waals surface area contributed by atoms with Crippen molar-refractivity contribution >= 4 is 55.4 Å². The zero-order chi connectivity index (χ0) is 29.0. The fourth-order valence-corrected chi connectivity index (χ4v) is 6.26. The lowest BCUT2D eigenvalue weighted by Crippen LogP contribution is -2.31. The predicted molar refractivity (Wildman–Crippen MR) is 159 cm³/mol. The first-order valence-corrected chi connectivity index (χ1v) is 15.6. The molecule has 9 nitrogen and oxygen atoms in total. The Morgan fingerprint density at radius 1 is 1.07 bits per heavy atom. The number of anilines is 2. The van der Waals surface area contributed by atoms with Gasteiger partial charge in [-0.3, -0.25) is 4.98 Å². The Hall–Kier alpha value is -3.71. The van der Waals surface area contributed by atoms with Crippen LogP contribution in [0.25, 0.3) is 22.3 Å². The maximum Gasteiger partial charge on any atom is 0.214 e. The van der Waals surface area contributed by atoms with Crippen molar-refractivity contribution in [2.75, 3.05) is 17.6 Å². The number of halogens is 2. The van der Waals surface area contributed by atoms with E-state index in [0.717, 1.165) is 5.39 Å². The summed E-state index contributed by atoms with van der Waals surface area (Å²) in [7, 11) is -3.32. The molecule has 1 N–H and O–H groups in total. The van der Waals surface area contributed by atoms with Crippen molar-refractivity contribution in [1.82, 2.24) is 24.2 Å². The Morgan fingerprint density at radius 2 is 1.93 bits per heavy atom. The number of ether oxygens (including phenoxy) is 1. The fraction of sp³-hybridized carbons (Fsp3) is 0.214. The van der Waals surface area contributed by atoms with E-state index in [9.17, 15) is 12.8 Å². The quantitative estimate of drug-likeness (QED) is 0.182. The van der Waals surface area contributed by atoms with E-state index >= 15 is 0 Å². The van der Waals surface area contributed by atoms with Gasteiger partial charge < -0.3 is 10.1 Å². The summed E-state index contributed by atoms with van der Waals surface area (Å²) in [5, 5.41) is 6.92. The van der Waals surface area contributed by atoms with Crippen molar-refractivity contribution in [1.29, 1.82) is 0 Å². The van der Waals surface area contributed by atoms with Crippen LogP contribution in [0.5, 0.6) is 5.75 Å². The third-order valence-electron chi connectivity index (χ3n) is 6.24. The summed E-state index contributed by atoms with van der Waals surface area (Å²) in [6.07, 6.45) is 3.09. The molecule has 0 unspecified atom stereocenters. The van der Waals surface area contributed by atoms with Crippen LogP contribution in [0.3, 0.4) is 0 Å². The van der Waals surface area contributed by atoms with Crippen LogP contribution in [-0.4, -0.2) is 45.0 Å². The Morgan fingerprint density at radius 3 is 2.68 bits per heavy atom. The van der Waals surface area contributed by atoms with Gasteiger partial charge in [-0.2, -0.15) is 4.31 Å². The number of fused-ring (bicyclic) bond motifs is 1. The summed E-state index contributed by atoms with van der Waals surface area (Å²) in [5.74, 6) is 0.725. The molecule has 13 heteroatoms. The molecule has 3 aromatic heterocycles. The van der Waals surface area contributed by atoms with Gasteiger partial charge in [-0.25, -0.2) is 27.8 Å². The largest absolute Gasteiger partial charge is 0.487 e. The lowest BCUT2D eigenvalue weighted by molar-refractivity contribution is 0.306. The zero-order valence-corrected chi connectivity index (χ0v) is 24.6. The highest BCUT2D eigenvalue weighted by Crippen LogP contribution is 2.32. The maximum atomic E-state index is 13.4. The van der Waals surface area contributed by atoms with Gasteiger partial charge in [0.2, 0.25) is 10.0 Å².